The molecule has 0 saturated carbocycles. The molecule has 0 unspecified atom stereocenters. The number of nitrogens with zero attached hydrogens (tertiary/aromatic N) is 1. The van der Waals surface area contributed by atoms with Crippen molar-refractivity contribution < 1.29 is 9.59 Å². The minimum Gasteiger partial charge on any atom is -0.355 e. The summed E-state index contributed by atoms with van der Waals surface area (Å²) in [7, 11) is 0. The van der Waals surface area contributed by atoms with Crippen molar-refractivity contribution in [2.45, 2.75) is 58.9 Å². The molecule has 116 valence electrons. The second-order valence-corrected chi connectivity index (χ2v) is 6.68. The van der Waals surface area contributed by atoms with Crippen LogP contribution in [0.15, 0.2) is 0 Å². The molecule has 0 aliphatic carbocycles. The third-order valence-corrected chi connectivity index (χ3v) is 3.79. The first-order valence-corrected chi connectivity index (χ1v) is 7.63. The molecular weight excluding hydrogens is 254 g/mol. The summed E-state index contributed by atoms with van der Waals surface area (Å²) in [4.78, 5) is 25.6. The van der Waals surface area contributed by atoms with Crippen molar-refractivity contribution in [1.82, 2.24) is 10.2 Å². The summed E-state index contributed by atoms with van der Waals surface area (Å²) in [6, 6.07) is -0.498. The molecule has 1 aliphatic rings. The highest BCUT2D eigenvalue weighted by molar-refractivity contribution is 5.82. The fourth-order valence-corrected chi connectivity index (χ4v) is 2.26. The molecule has 0 radical (unpaired) electrons. The van der Waals surface area contributed by atoms with Crippen LogP contribution < -0.4 is 11.1 Å². The van der Waals surface area contributed by atoms with E-state index in [9.17, 15) is 9.59 Å². The van der Waals surface area contributed by atoms with Crippen LogP contribution in [0.25, 0.3) is 0 Å². The quantitative estimate of drug-likeness (QED) is 0.746. The first-order valence-electron chi connectivity index (χ1n) is 7.63. The fourth-order valence-electron chi connectivity index (χ4n) is 2.26. The van der Waals surface area contributed by atoms with E-state index in [4.69, 9.17) is 5.73 Å². The minimum atomic E-state index is -0.498. The number of carbonyl (C=O) groups is 2. The van der Waals surface area contributed by atoms with E-state index in [-0.39, 0.29) is 17.2 Å². The van der Waals surface area contributed by atoms with Gasteiger partial charge in [0.05, 0.1) is 6.04 Å². The van der Waals surface area contributed by atoms with Gasteiger partial charge in [0.15, 0.2) is 0 Å². The van der Waals surface area contributed by atoms with Gasteiger partial charge in [0.2, 0.25) is 11.8 Å². The molecule has 2 amide bonds. The lowest BCUT2D eigenvalue weighted by molar-refractivity contribution is -0.130. The summed E-state index contributed by atoms with van der Waals surface area (Å²) >= 11 is 0. The Hall–Kier alpha value is -1.10. The molecule has 3 N–H and O–H groups in total. The largest absolute Gasteiger partial charge is 0.355 e. The second kappa shape index (κ2) is 7.62. The van der Waals surface area contributed by atoms with Crippen LogP contribution in [0.2, 0.25) is 0 Å². The molecule has 1 rings (SSSR count). The van der Waals surface area contributed by atoms with Crippen molar-refractivity contribution in [3.63, 3.8) is 0 Å². The lowest BCUT2D eigenvalue weighted by Crippen LogP contribution is -2.49. The van der Waals surface area contributed by atoms with Crippen molar-refractivity contribution in [2.75, 3.05) is 19.6 Å². The monoisotopic (exact) mass is 283 g/mol. The Bertz CT molecular complexity index is 337. The molecule has 0 spiro atoms. The van der Waals surface area contributed by atoms with Crippen LogP contribution in [0.4, 0.5) is 0 Å². The van der Waals surface area contributed by atoms with Crippen molar-refractivity contribution in [1.29, 1.82) is 0 Å². The van der Waals surface area contributed by atoms with Gasteiger partial charge in [0.1, 0.15) is 0 Å². The Balaban J connectivity index is 2.24. The van der Waals surface area contributed by atoms with Crippen LogP contribution in [-0.2, 0) is 9.59 Å². The zero-order chi connectivity index (χ0) is 15.2. The number of amides is 2. The molecule has 0 bridgehead atoms. The van der Waals surface area contributed by atoms with Gasteiger partial charge in [-0.15, -0.1) is 0 Å². The average Bonchev–Trinajstić information content (AvgIpc) is 2.57. The highest BCUT2D eigenvalue weighted by Crippen LogP contribution is 2.17. The molecule has 0 aromatic rings. The zero-order valence-corrected chi connectivity index (χ0v) is 13.1. The summed E-state index contributed by atoms with van der Waals surface area (Å²) in [5, 5.41) is 2.86. The summed E-state index contributed by atoms with van der Waals surface area (Å²) in [5.41, 5.74) is 5.65. The maximum atomic E-state index is 11.8. The first kappa shape index (κ1) is 17.0. The van der Waals surface area contributed by atoms with Crippen molar-refractivity contribution in [2.24, 2.45) is 11.1 Å². The van der Waals surface area contributed by atoms with Gasteiger partial charge in [-0.2, -0.15) is 0 Å². The smallest absolute Gasteiger partial charge is 0.237 e. The summed E-state index contributed by atoms with van der Waals surface area (Å²) in [5.74, 6) is 0.139. The summed E-state index contributed by atoms with van der Waals surface area (Å²) < 4.78 is 0. The van der Waals surface area contributed by atoms with Crippen LogP contribution >= 0.6 is 0 Å². The van der Waals surface area contributed by atoms with Gasteiger partial charge >= 0.3 is 0 Å². The number of nitrogens with one attached hydrogen (secondary N) is 1. The van der Waals surface area contributed by atoms with Crippen LogP contribution in [0.5, 0.6) is 0 Å². The van der Waals surface area contributed by atoms with Crippen molar-refractivity contribution in [3.8, 4) is 0 Å². The van der Waals surface area contributed by atoms with Crippen LogP contribution in [0.3, 0.4) is 0 Å². The SMILES string of the molecule is CC(C)(C)[C@H](N)C(=O)NCCCN1CCCCCC1=O. The highest BCUT2D eigenvalue weighted by atomic mass is 16.2. The van der Waals surface area contributed by atoms with Crippen LogP contribution in [-0.4, -0.2) is 42.4 Å². The molecule has 1 atom stereocenters. The van der Waals surface area contributed by atoms with Crippen LogP contribution in [0, 0.1) is 5.41 Å². The van der Waals surface area contributed by atoms with Gasteiger partial charge in [-0.1, -0.05) is 27.2 Å². The van der Waals surface area contributed by atoms with E-state index in [0.29, 0.717) is 13.0 Å². The molecule has 5 nitrogen and oxygen atoms in total. The molecule has 20 heavy (non-hydrogen) atoms. The fraction of sp³-hybridized carbons (Fsp3) is 0.867. The maximum Gasteiger partial charge on any atom is 0.237 e. The highest BCUT2D eigenvalue weighted by Gasteiger charge is 2.27. The van der Waals surface area contributed by atoms with Crippen molar-refractivity contribution in [3.05, 3.63) is 0 Å². The van der Waals surface area contributed by atoms with Gasteiger partial charge < -0.3 is 16.0 Å². The standard InChI is InChI=1S/C15H29N3O2/c1-15(2,3)13(16)14(20)17-9-7-11-18-10-6-4-5-8-12(18)19/h13H,4-11,16H2,1-3H3,(H,17,20)/t13-/m1/s1. The molecule has 0 aromatic carbocycles. The van der Waals surface area contributed by atoms with Crippen LogP contribution in [0.1, 0.15) is 52.9 Å². The molecule has 0 aromatic heterocycles. The predicted octanol–water partition coefficient (Wildman–Crippen LogP) is 1.27. The molecule has 1 saturated heterocycles. The van der Waals surface area contributed by atoms with E-state index in [0.717, 1.165) is 38.8 Å². The topological polar surface area (TPSA) is 75.4 Å². The Kier molecular flexibility index (Phi) is 6.46. The lowest BCUT2D eigenvalue weighted by atomic mass is 9.87. The van der Waals surface area contributed by atoms with Gasteiger partial charge in [-0.25, -0.2) is 0 Å². The van der Waals surface area contributed by atoms with Gasteiger partial charge in [0.25, 0.3) is 0 Å². The van der Waals surface area contributed by atoms with E-state index in [1.165, 1.54) is 0 Å². The number of hydrogen-bond donors (Lipinski definition) is 2. The second-order valence-electron chi connectivity index (χ2n) is 6.68. The lowest BCUT2D eigenvalue weighted by Gasteiger charge is -2.26. The zero-order valence-electron chi connectivity index (χ0n) is 13.1. The summed E-state index contributed by atoms with van der Waals surface area (Å²) in [6.45, 7) is 8.01. The van der Waals surface area contributed by atoms with Gasteiger partial charge in [-0.05, 0) is 24.7 Å². The Morgan fingerprint density at radius 3 is 2.70 bits per heavy atom. The van der Waals surface area contributed by atoms with E-state index < -0.39 is 6.04 Å². The van der Waals surface area contributed by atoms with E-state index in [1.807, 2.05) is 25.7 Å². The molecule has 1 fully saturated rings. The predicted molar refractivity (Wildman–Crippen MR) is 80.1 cm³/mol. The Labute approximate surface area is 122 Å². The average molecular weight is 283 g/mol. The summed E-state index contributed by atoms with van der Waals surface area (Å²) in [6.07, 6.45) is 4.69. The molecule has 1 heterocycles. The number of rotatable bonds is 5. The first-order chi connectivity index (χ1) is 9.32. The molecule has 1 aliphatic heterocycles. The third kappa shape index (κ3) is 5.49. The van der Waals surface area contributed by atoms with E-state index in [2.05, 4.69) is 5.32 Å². The Morgan fingerprint density at radius 1 is 1.35 bits per heavy atom. The number of carbonyl (C=O) groups excluding carboxylic acids is 2. The number of likely N-dealkylation sites (tertiary alicyclic amines) is 1. The van der Waals surface area contributed by atoms with Gasteiger partial charge in [-0.3, -0.25) is 9.59 Å². The minimum absolute atomic E-state index is 0.111. The van der Waals surface area contributed by atoms with Gasteiger partial charge in [0, 0.05) is 26.1 Å². The van der Waals surface area contributed by atoms with E-state index >= 15 is 0 Å². The van der Waals surface area contributed by atoms with Crippen molar-refractivity contribution >= 4 is 11.8 Å². The Morgan fingerprint density at radius 2 is 2.05 bits per heavy atom. The molecular formula is C15H29N3O2. The third-order valence-electron chi connectivity index (χ3n) is 3.79. The molecule has 5 heteroatoms. The normalized spacial score (nSPS) is 18.6. The number of hydrogen-bond acceptors (Lipinski definition) is 3. The van der Waals surface area contributed by atoms with E-state index in [1.54, 1.807) is 0 Å². The number of nitrogens with two attached hydrogens (primary N) is 1. The maximum absolute atomic E-state index is 11.8.